The van der Waals surface area contributed by atoms with E-state index in [9.17, 15) is 27.2 Å². The van der Waals surface area contributed by atoms with Gasteiger partial charge in [0.25, 0.3) is 5.91 Å². The minimum atomic E-state index is -5.00. The van der Waals surface area contributed by atoms with Crippen LogP contribution in [0.15, 0.2) is 24.3 Å². The molecule has 0 aliphatic heterocycles. The summed E-state index contributed by atoms with van der Waals surface area (Å²) in [6.07, 6.45) is -4.60. The lowest BCUT2D eigenvalue weighted by Gasteiger charge is -2.11. The Labute approximate surface area is 144 Å². The standard InChI is InChI=1S/C15H14F4N4O3/c16-9-5-1-2-6-10(9)23-13(15(17,18)19)12(21-22-23)14(26)20-8-4-3-7-11(24)25/h1-2,5-6H,3-4,7-8H2,(H,20,26)(H,24,25). The van der Waals surface area contributed by atoms with Gasteiger partial charge in [-0.1, -0.05) is 17.3 Å². The fraction of sp³-hybridized carbons (Fsp3) is 0.333. The highest BCUT2D eigenvalue weighted by molar-refractivity contribution is 5.93. The van der Waals surface area contributed by atoms with Crippen molar-refractivity contribution in [2.45, 2.75) is 25.4 Å². The molecule has 0 saturated carbocycles. The third-order valence-corrected chi connectivity index (χ3v) is 3.34. The molecule has 26 heavy (non-hydrogen) atoms. The number of carboxylic acids is 1. The van der Waals surface area contributed by atoms with Gasteiger partial charge in [0.2, 0.25) is 0 Å². The van der Waals surface area contributed by atoms with Gasteiger partial charge in [-0.25, -0.2) is 9.07 Å². The Bertz CT molecular complexity index is 804. The summed E-state index contributed by atoms with van der Waals surface area (Å²) in [7, 11) is 0. The van der Waals surface area contributed by atoms with E-state index in [1.165, 1.54) is 12.1 Å². The highest BCUT2D eigenvalue weighted by Crippen LogP contribution is 2.33. The molecule has 0 aliphatic rings. The monoisotopic (exact) mass is 374 g/mol. The molecule has 0 aliphatic carbocycles. The molecule has 0 atom stereocenters. The van der Waals surface area contributed by atoms with Crippen LogP contribution in [0.3, 0.4) is 0 Å². The Kier molecular flexibility index (Phi) is 5.90. The molecule has 0 radical (unpaired) electrons. The molecule has 2 aromatic rings. The number of nitrogens with zero attached hydrogens (tertiary/aromatic N) is 3. The minimum absolute atomic E-state index is 0.0318. The fourth-order valence-electron chi connectivity index (χ4n) is 2.17. The van der Waals surface area contributed by atoms with E-state index >= 15 is 0 Å². The molecule has 0 saturated heterocycles. The first-order valence-corrected chi connectivity index (χ1v) is 7.49. The highest BCUT2D eigenvalue weighted by atomic mass is 19.4. The van der Waals surface area contributed by atoms with E-state index in [-0.39, 0.29) is 30.5 Å². The number of hydrogen-bond acceptors (Lipinski definition) is 4. The predicted octanol–water partition coefficient (Wildman–Crippen LogP) is 2.41. The fourth-order valence-corrected chi connectivity index (χ4v) is 2.17. The molecule has 1 aromatic carbocycles. The van der Waals surface area contributed by atoms with Crippen molar-refractivity contribution in [1.82, 2.24) is 20.3 Å². The summed E-state index contributed by atoms with van der Waals surface area (Å²) in [5, 5.41) is 17.2. The van der Waals surface area contributed by atoms with Crippen LogP contribution < -0.4 is 5.32 Å². The number of alkyl halides is 3. The van der Waals surface area contributed by atoms with E-state index in [2.05, 4.69) is 15.6 Å². The zero-order chi connectivity index (χ0) is 19.3. The predicted molar refractivity (Wildman–Crippen MR) is 80.1 cm³/mol. The zero-order valence-electron chi connectivity index (χ0n) is 13.3. The second kappa shape index (κ2) is 7.93. The Hall–Kier alpha value is -2.98. The first kappa shape index (κ1) is 19.3. The van der Waals surface area contributed by atoms with Crippen molar-refractivity contribution < 1.29 is 32.3 Å². The molecule has 11 heteroatoms. The number of hydrogen-bond donors (Lipinski definition) is 2. The molecule has 0 spiro atoms. The largest absolute Gasteiger partial charge is 0.481 e. The zero-order valence-corrected chi connectivity index (χ0v) is 13.3. The van der Waals surface area contributed by atoms with E-state index in [0.717, 1.165) is 12.1 Å². The number of amides is 1. The summed E-state index contributed by atoms with van der Waals surface area (Å²) in [5.41, 5.74) is -2.97. The number of benzene rings is 1. The van der Waals surface area contributed by atoms with Gasteiger partial charge >= 0.3 is 12.1 Å². The van der Waals surface area contributed by atoms with Gasteiger partial charge in [-0.3, -0.25) is 9.59 Å². The Morgan fingerprint density at radius 2 is 1.88 bits per heavy atom. The SMILES string of the molecule is O=C(O)CCCCNC(=O)c1nnn(-c2ccccc2F)c1C(F)(F)F. The van der Waals surface area contributed by atoms with Crippen molar-refractivity contribution in [3.05, 3.63) is 41.5 Å². The van der Waals surface area contributed by atoms with Gasteiger partial charge in [0, 0.05) is 13.0 Å². The van der Waals surface area contributed by atoms with Gasteiger partial charge in [0.1, 0.15) is 11.5 Å². The van der Waals surface area contributed by atoms with Gasteiger partial charge in [-0.15, -0.1) is 5.10 Å². The third kappa shape index (κ3) is 4.55. The molecular weight excluding hydrogens is 360 g/mol. The second-order valence-electron chi connectivity index (χ2n) is 5.25. The van der Waals surface area contributed by atoms with Crippen LogP contribution in [0.1, 0.15) is 35.4 Å². The maximum Gasteiger partial charge on any atom is 0.435 e. The first-order chi connectivity index (χ1) is 12.2. The van der Waals surface area contributed by atoms with E-state index in [4.69, 9.17) is 5.11 Å². The van der Waals surface area contributed by atoms with E-state index in [1.54, 1.807) is 0 Å². The smallest absolute Gasteiger partial charge is 0.435 e. The molecule has 1 amide bonds. The molecule has 140 valence electrons. The molecular formula is C15H14F4N4O3. The first-order valence-electron chi connectivity index (χ1n) is 7.49. The van der Waals surface area contributed by atoms with Gasteiger partial charge in [-0.2, -0.15) is 13.2 Å². The lowest BCUT2D eigenvalue weighted by Crippen LogP contribution is -2.28. The van der Waals surface area contributed by atoms with Crippen LogP contribution in [0, 0.1) is 5.82 Å². The van der Waals surface area contributed by atoms with Gasteiger partial charge < -0.3 is 10.4 Å². The lowest BCUT2D eigenvalue weighted by molar-refractivity contribution is -0.143. The maximum atomic E-state index is 13.8. The van der Waals surface area contributed by atoms with Crippen LogP contribution in [0.2, 0.25) is 0 Å². The molecule has 0 unspecified atom stereocenters. The molecule has 0 bridgehead atoms. The summed E-state index contributed by atoms with van der Waals surface area (Å²) < 4.78 is 54.2. The average molecular weight is 374 g/mol. The van der Waals surface area contributed by atoms with E-state index in [1.807, 2.05) is 0 Å². The van der Waals surface area contributed by atoms with Crippen LogP contribution in [-0.2, 0) is 11.0 Å². The van der Waals surface area contributed by atoms with Crippen molar-refractivity contribution >= 4 is 11.9 Å². The molecule has 7 nitrogen and oxygen atoms in total. The summed E-state index contributed by atoms with van der Waals surface area (Å²) >= 11 is 0. The molecule has 1 heterocycles. The number of unbranched alkanes of at least 4 members (excludes halogenated alkanes) is 1. The van der Waals surface area contributed by atoms with Crippen LogP contribution >= 0.6 is 0 Å². The number of rotatable bonds is 7. The van der Waals surface area contributed by atoms with Crippen LogP contribution in [0.4, 0.5) is 17.6 Å². The maximum absolute atomic E-state index is 13.8. The quantitative estimate of drug-likeness (QED) is 0.573. The Morgan fingerprint density at radius 3 is 2.50 bits per heavy atom. The number of carboxylic acid groups (broad SMARTS) is 1. The number of nitrogens with one attached hydrogen (secondary N) is 1. The molecule has 1 aromatic heterocycles. The van der Waals surface area contributed by atoms with E-state index in [0.29, 0.717) is 0 Å². The van der Waals surface area contributed by atoms with Crippen molar-refractivity contribution in [3.63, 3.8) is 0 Å². The molecule has 2 rings (SSSR count). The van der Waals surface area contributed by atoms with Crippen molar-refractivity contribution in [2.24, 2.45) is 0 Å². The highest BCUT2D eigenvalue weighted by Gasteiger charge is 2.42. The normalized spacial score (nSPS) is 11.4. The van der Waals surface area contributed by atoms with Gasteiger partial charge in [0.15, 0.2) is 11.4 Å². The number of halogens is 4. The topological polar surface area (TPSA) is 97.1 Å². The minimum Gasteiger partial charge on any atom is -0.481 e. The molecule has 2 N–H and O–H groups in total. The summed E-state index contributed by atoms with van der Waals surface area (Å²) in [5.74, 6) is -3.10. The number of carbonyl (C=O) groups excluding carboxylic acids is 1. The van der Waals surface area contributed by atoms with Gasteiger partial charge in [0.05, 0.1) is 0 Å². The summed E-state index contributed by atoms with van der Waals surface area (Å²) in [4.78, 5) is 22.4. The summed E-state index contributed by atoms with van der Waals surface area (Å²) in [6, 6.07) is 4.66. The number of para-hydroxylation sites is 1. The van der Waals surface area contributed by atoms with E-state index < -0.39 is 40.9 Å². The summed E-state index contributed by atoms with van der Waals surface area (Å²) in [6.45, 7) is -0.0318. The van der Waals surface area contributed by atoms with Crippen molar-refractivity contribution in [1.29, 1.82) is 0 Å². The Balaban J connectivity index is 2.23. The van der Waals surface area contributed by atoms with Crippen molar-refractivity contribution in [2.75, 3.05) is 6.54 Å². The van der Waals surface area contributed by atoms with Crippen molar-refractivity contribution in [3.8, 4) is 5.69 Å². The Morgan fingerprint density at radius 1 is 1.19 bits per heavy atom. The average Bonchev–Trinajstić information content (AvgIpc) is 2.99. The number of aliphatic carboxylic acids is 1. The number of carbonyl (C=O) groups is 2. The van der Waals surface area contributed by atoms with Crippen LogP contribution in [0.5, 0.6) is 0 Å². The number of aromatic nitrogens is 3. The lowest BCUT2D eigenvalue weighted by atomic mass is 10.2. The molecule has 0 fully saturated rings. The van der Waals surface area contributed by atoms with Crippen LogP contribution in [0.25, 0.3) is 5.69 Å². The van der Waals surface area contributed by atoms with Gasteiger partial charge in [-0.05, 0) is 25.0 Å². The second-order valence-corrected chi connectivity index (χ2v) is 5.25. The van der Waals surface area contributed by atoms with Crippen LogP contribution in [-0.4, -0.2) is 38.5 Å². The third-order valence-electron chi connectivity index (χ3n) is 3.34.